The van der Waals surface area contributed by atoms with E-state index in [1.54, 1.807) is 0 Å². The zero-order valence-corrected chi connectivity index (χ0v) is 51.9. The van der Waals surface area contributed by atoms with E-state index < -0.39 is 26.5 Å². The molecule has 75 heavy (non-hydrogen) atoms. The van der Waals surface area contributed by atoms with Crippen LogP contribution >= 0.6 is 7.82 Å². The van der Waals surface area contributed by atoms with Gasteiger partial charge in [-0.2, -0.15) is 0 Å². The lowest BCUT2D eigenvalue weighted by atomic mass is 10.0. The van der Waals surface area contributed by atoms with Gasteiger partial charge in [0.25, 0.3) is 7.82 Å². The summed E-state index contributed by atoms with van der Waals surface area (Å²) < 4.78 is 34.3. The Hall–Kier alpha value is -0.990. The lowest BCUT2D eigenvalue weighted by molar-refractivity contribution is -0.870. The molecular formula is C65H130NO8P. The molecule has 2 atom stereocenters. The first-order valence-corrected chi connectivity index (χ1v) is 34.7. The molecule has 0 aromatic carbocycles. The number of nitrogens with zero attached hydrogens (tertiary/aromatic N) is 1. The third-order valence-electron chi connectivity index (χ3n) is 15.4. The Balaban J connectivity index is 4.01. The fourth-order valence-corrected chi connectivity index (χ4v) is 11.0. The smallest absolute Gasteiger partial charge is 0.306 e. The van der Waals surface area contributed by atoms with Crippen LogP contribution in [0.3, 0.4) is 0 Å². The number of esters is 2. The van der Waals surface area contributed by atoms with Crippen molar-refractivity contribution in [2.45, 2.75) is 360 Å². The number of carbonyl (C=O) groups is 2. The van der Waals surface area contributed by atoms with E-state index in [1.165, 1.54) is 289 Å². The molecule has 0 aromatic heterocycles. The highest BCUT2D eigenvalue weighted by atomic mass is 31.2. The summed E-state index contributed by atoms with van der Waals surface area (Å²) in [5.74, 6) is -0.805. The Labute approximate surface area is 467 Å². The molecule has 0 aliphatic rings. The molecule has 0 amide bonds. The molecule has 0 heterocycles. The van der Waals surface area contributed by atoms with Gasteiger partial charge in [-0.15, -0.1) is 0 Å². The zero-order valence-electron chi connectivity index (χ0n) is 51.0. The number of phosphoric acid groups is 1. The highest BCUT2D eigenvalue weighted by Crippen LogP contribution is 2.38. The molecule has 0 rings (SSSR count). The molecule has 9 nitrogen and oxygen atoms in total. The lowest BCUT2D eigenvalue weighted by Gasteiger charge is -2.28. The van der Waals surface area contributed by atoms with Gasteiger partial charge in [0, 0.05) is 12.8 Å². The average molecular weight is 1080 g/mol. The maximum atomic E-state index is 12.8. The number of carbonyl (C=O) groups excluding carboxylic acids is 2. The van der Waals surface area contributed by atoms with Crippen molar-refractivity contribution in [1.82, 2.24) is 0 Å². The first kappa shape index (κ1) is 74.0. The van der Waals surface area contributed by atoms with Gasteiger partial charge in [-0.1, -0.05) is 328 Å². The minimum absolute atomic E-state index is 0.0249. The van der Waals surface area contributed by atoms with Crippen LogP contribution in [0.25, 0.3) is 0 Å². The van der Waals surface area contributed by atoms with Crippen LogP contribution in [-0.4, -0.2) is 70.0 Å². The van der Waals surface area contributed by atoms with Crippen LogP contribution < -0.4 is 4.89 Å². The molecule has 0 saturated carbocycles. The second-order valence-electron chi connectivity index (χ2n) is 24.2. The van der Waals surface area contributed by atoms with E-state index in [0.29, 0.717) is 17.4 Å². The molecule has 0 fully saturated rings. The number of unbranched alkanes of at least 4 members (excludes halogenated alkanes) is 49. The van der Waals surface area contributed by atoms with Crippen LogP contribution in [0.5, 0.6) is 0 Å². The molecule has 0 bridgehead atoms. The van der Waals surface area contributed by atoms with Crippen LogP contribution in [0.15, 0.2) is 0 Å². The van der Waals surface area contributed by atoms with Gasteiger partial charge < -0.3 is 27.9 Å². The Bertz CT molecular complexity index is 1230. The quantitative estimate of drug-likeness (QED) is 0.0256. The molecule has 0 saturated heterocycles. The van der Waals surface area contributed by atoms with Crippen molar-refractivity contribution in [3.05, 3.63) is 0 Å². The second kappa shape index (κ2) is 57.7. The minimum Gasteiger partial charge on any atom is -0.756 e. The lowest BCUT2D eigenvalue weighted by Crippen LogP contribution is -2.37. The van der Waals surface area contributed by atoms with Crippen molar-refractivity contribution in [3.8, 4) is 0 Å². The highest BCUT2D eigenvalue weighted by Gasteiger charge is 2.22. The van der Waals surface area contributed by atoms with Gasteiger partial charge in [0.15, 0.2) is 6.10 Å². The van der Waals surface area contributed by atoms with Gasteiger partial charge in [-0.05, 0) is 12.8 Å². The average Bonchev–Trinajstić information content (AvgIpc) is 3.37. The minimum atomic E-state index is -4.63. The molecule has 448 valence electrons. The number of quaternary nitrogens is 1. The highest BCUT2D eigenvalue weighted by molar-refractivity contribution is 7.45. The first-order valence-electron chi connectivity index (χ1n) is 33.2. The summed E-state index contributed by atoms with van der Waals surface area (Å²) >= 11 is 0. The Morgan fingerprint density at radius 2 is 0.600 bits per heavy atom. The summed E-state index contributed by atoms with van der Waals surface area (Å²) in [6.07, 6.45) is 67.5. The van der Waals surface area contributed by atoms with Crippen molar-refractivity contribution in [3.63, 3.8) is 0 Å². The van der Waals surface area contributed by atoms with Crippen LogP contribution in [0.1, 0.15) is 354 Å². The summed E-state index contributed by atoms with van der Waals surface area (Å²) in [5, 5.41) is 0. The molecular weight excluding hydrogens is 954 g/mol. The van der Waals surface area contributed by atoms with E-state index in [9.17, 15) is 19.0 Å². The first-order chi connectivity index (χ1) is 36.5. The van der Waals surface area contributed by atoms with Gasteiger partial charge in [0.05, 0.1) is 27.7 Å². The van der Waals surface area contributed by atoms with Crippen molar-refractivity contribution in [2.75, 3.05) is 47.5 Å². The van der Waals surface area contributed by atoms with Crippen LogP contribution in [-0.2, 0) is 32.7 Å². The Kier molecular flexibility index (Phi) is 56.9. The van der Waals surface area contributed by atoms with Crippen molar-refractivity contribution in [2.24, 2.45) is 0 Å². The number of rotatable bonds is 63. The SMILES string of the molecule is CCCCCCCCCCCCCCCCCCCCCCCCCCCCC(=O)OC(COC(=O)CCCCCCCCCCCCCCCCCCCCCCCCCCC)COP(=O)([O-])OCC[N+](C)(C)C. The summed E-state index contributed by atoms with van der Waals surface area (Å²) in [4.78, 5) is 38.0. The molecule has 2 unspecified atom stereocenters. The monoisotopic (exact) mass is 1080 g/mol. The van der Waals surface area contributed by atoms with E-state index in [1.807, 2.05) is 21.1 Å². The molecule has 0 aromatic rings. The predicted octanol–water partition coefficient (Wildman–Crippen LogP) is 20.4. The molecule has 0 aliphatic carbocycles. The normalized spacial score (nSPS) is 13.1. The molecule has 0 spiro atoms. The maximum Gasteiger partial charge on any atom is 0.306 e. The van der Waals surface area contributed by atoms with Gasteiger partial charge in [0.2, 0.25) is 0 Å². The van der Waals surface area contributed by atoms with Gasteiger partial charge >= 0.3 is 11.9 Å². The Morgan fingerprint density at radius 3 is 0.853 bits per heavy atom. The summed E-state index contributed by atoms with van der Waals surface area (Å²) in [5.41, 5.74) is 0. The number of ether oxygens (including phenoxy) is 2. The van der Waals surface area contributed by atoms with Crippen molar-refractivity contribution in [1.29, 1.82) is 0 Å². The molecule has 10 heteroatoms. The molecule has 0 aliphatic heterocycles. The number of hydrogen-bond donors (Lipinski definition) is 0. The third-order valence-corrected chi connectivity index (χ3v) is 16.3. The summed E-state index contributed by atoms with van der Waals surface area (Å²) in [7, 11) is 1.19. The van der Waals surface area contributed by atoms with E-state index in [-0.39, 0.29) is 32.0 Å². The third kappa shape index (κ3) is 62.1. The molecule has 0 N–H and O–H groups in total. The van der Waals surface area contributed by atoms with Crippen LogP contribution in [0.4, 0.5) is 0 Å². The van der Waals surface area contributed by atoms with Gasteiger partial charge in [-0.3, -0.25) is 14.2 Å². The van der Waals surface area contributed by atoms with Crippen molar-refractivity contribution < 1.29 is 42.1 Å². The maximum absolute atomic E-state index is 12.8. The fraction of sp³-hybridized carbons (Fsp3) is 0.969. The summed E-state index contributed by atoms with van der Waals surface area (Å²) in [6.45, 7) is 4.33. The van der Waals surface area contributed by atoms with E-state index in [4.69, 9.17) is 18.5 Å². The zero-order chi connectivity index (χ0) is 54.9. The number of phosphoric ester groups is 1. The number of likely N-dealkylation sites (N-methyl/N-ethyl adjacent to an activating group) is 1. The van der Waals surface area contributed by atoms with Crippen LogP contribution in [0.2, 0.25) is 0 Å². The van der Waals surface area contributed by atoms with Gasteiger partial charge in [0.1, 0.15) is 19.8 Å². The standard InChI is InChI=1S/C65H130NO8P/c1-6-8-10-12-14-16-18-20-22-24-26-28-30-32-34-36-38-40-42-44-46-48-50-52-54-56-58-65(68)74-63(62-73-75(69,70)72-60-59-66(3,4)5)61-71-64(67)57-55-53-51-49-47-45-43-41-39-37-35-33-31-29-27-25-23-21-19-17-15-13-11-9-7-2/h63H,6-62H2,1-5H3. The Morgan fingerprint density at radius 1 is 0.360 bits per heavy atom. The largest absolute Gasteiger partial charge is 0.756 e. The van der Waals surface area contributed by atoms with E-state index in [2.05, 4.69) is 13.8 Å². The number of hydrogen-bond acceptors (Lipinski definition) is 8. The van der Waals surface area contributed by atoms with Crippen LogP contribution in [0, 0.1) is 0 Å². The second-order valence-corrected chi connectivity index (χ2v) is 25.6. The fourth-order valence-electron chi connectivity index (χ4n) is 10.3. The summed E-state index contributed by atoms with van der Waals surface area (Å²) in [6, 6.07) is 0. The topological polar surface area (TPSA) is 111 Å². The van der Waals surface area contributed by atoms with E-state index in [0.717, 1.165) is 32.1 Å². The predicted molar refractivity (Wildman–Crippen MR) is 319 cm³/mol. The molecule has 0 radical (unpaired) electrons. The van der Waals surface area contributed by atoms with Crippen molar-refractivity contribution >= 4 is 19.8 Å². The van der Waals surface area contributed by atoms with Gasteiger partial charge in [-0.25, -0.2) is 0 Å². The van der Waals surface area contributed by atoms with E-state index >= 15 is 0 Å².